The van der Waals surface area contributed by atoms with Crippen molar-refractivity contribution in [2.24, 2.45) is 0 Å². The lowest BCUT2D eigenvalue weighted by atomic mass is 10.1. The smallest absolute Gasteiger partial charge is 0.269 e. The largest absolute Gasteiger partial charge is 0.350 e. The van der Waals surface area contributed by atoms with Crippen LogP contribution in [0.1, 0.15) is 16.1 Å². The van der Waals surface area contributed by atoms with E-state index in [0.717, 1.165) is 5.56 Å². The predicted molar refractivity (Wildman–Crippen MR) is 79.8 cm³/mol. The summed E-state index contributed by atoms with van der Waals surface area (Å²) in [5.41, 5.74) is 1.34. The number of pyridine rings is 1. The van der Waals surface area contributed by atoms with Crippen LogP contribution in [0, 0.1) is 0 Å². The van der Waals surface area contributed by atoms with Gasteiger partial charge in [0.1, 0.15) is 5.69 Å². The highest BCUT2D eigenvalue weighted by molar-refractivity contribution is 7.90. The highest BCUT2D eigenvalue weighted by Crippen LogP contribution is 2.10. The lowest BCUT2D eigenvalue weighted by molar-refractivity contribution is 0.0949. The van der Waals surface area contributed by atoms with Gasteiger partial charge >= 0.3 is 0 Å². The Morgan fingerprint density at radius 1 is 1.14 bits per heavy atom. The predicted octanol–water partition coefficient (Wildman–Crippen LogP) is 1.46. The third-order valence-electron chi connectivity index (χ3n) is 2.95. The summed E-state index contributed by atoms with van der Waals surface area (Å²) in [7, 11) is -3.17. The van der Waals surface area contributed by atoms with E-state index in [1.807, 2.05) is 0 Å². The number of aromatic nitrogens is 1. The number of carbonyl (C=O) groups excluding carboxylic acids is 1. The van der Waals surface area contributed by atoms with Crippen LogP contribution in [0.15, 0.2) is 53.6 Å². The van der Waals surface area contributed by atoms with Crippen molar-refractivity contribution in [3.8, 4) is 0 Å². The summed E-state index contributed by atoms with van der Waals surface area (Å²) in [4.78, 5) is 16.0. The van der Waals surface area contributed by atoms with Gasteiger partial charge in [0, 0.05) is 19.0 Å². The van der Waals surface area contributed by atoms with Gasteiger partial charge in [0.15, 0.2) is 9.84 Å². The number of sulfone groups is 1. The molecule has 0 unspecified atom stereocenters. The summed E-state index contributed by atoms with van der Waals surface area (Å²) < 4.78 is 22.7. The molecule has 2 aromatic rings. The van der Waals surface area contributed by atoms with Crippen molar-refractivity contribution in [3.05, 3.63) is 59.9 Å². The third kappa shape index (κ3) is 4.39. The quantitative estimate of drug-likeness (QED) is 0.907. The maximum absolute atomic E-state index is 11.8. The van der Waals surface area contributed by atoms with Gasteiger partial charge in [-0.15, -0.1) is 0 Å². The number of nitrogens with one attached hydrogen (secondary N) is 1. The molecule has 0 spiro atoms. The molecule has 21 heavy (non-hydrogen) atoms. The van der Waals surface area contributed by atoms with Gasteiger partial charge in [-0.25, -0.2) is 8.42 Å². The zero-order chi connectivity index (χ0) is 15.3. The number of nitrogens with zero attached hydrogens (tertiary/aromatic N) is 1. The Kier molecular flexibility index (Phi) is 4.70. The van der Waals surface area contributed by atoms with Crippen LogP contribution in [0.3, 0.4) is 0 Å². The van der Waals surface area contributed by atoms with Crippen LogP contribution in [0.2, 0.25) is 0 Å². The lowest BCUT2D eigenvalue weighted by Crippen LogP contribution is -2.26. The number of hydrogen-bond donors (Lipinski definition) is 1. The molecule has 0 bridgehead atoms. The van der Waals surface area contributed by atoms with Crippen LogP contribution in [0.5, 0.6) is 0 Å². The van der Waals surface area contributed by atoms with Crippen LogP contribution in [0.4, 0.5) is 0 Å². The van der Waals surface area contributed by atoms with Crippen LogP contribution in [-0.2, 0) is 16.3 Å². The minimum atomic E-state index is -3.17. The van der Waals surface area contributed by atoms with Crippen LogP contribution >= 0.6 is 0 Å². The van der Waals surface area contributed by atoms with Crippen molar-refractivity contribution < 1.29 is 13.2 Å². The van der Waals surface area contributed by atoms with E-state index in [1.54, 1.807) is 48.7 Å². The van der Waals surface area contributed by atoms with Gasteiger partial charge in [-0.05, 0) is 36.2 Å². The Morgan fingerprint density at radius 2 is 1.86 bits per heavy atom. The molecule has 0 aliphatic carbocycles. The van der Waals surface area contributed by atoms with Gasteiger partial charge in [-0.3, -0.25) is 9.78 Å². The fourth-order valence-electron chi connectivity index (χ4n) is 1.81. The maximum atomic E-state index is 11.8. The van der Waals surface area contributed by atoms with E-state index >= 15 is 0 Å². The molecule has 0 aliphatic rings. The summed E-state index contributed by atoms with van der Waals surface area (Å²) in [5.74, 6) is -0.219. The first kappa shape index (κ1) is 15.2. The maximum Gasteiger partial charge on any atom is 0.269 e. The number of benzene rings is 1. The van der Waals surface area contributed by atoms with Crippen molar-refractivity contribution in [1.29, 1.82) is 0 Å². The first-order valence-corrected chi connectivity index (χ1v) is 8.34. The van der Waals surface area contributed by atoms with Gasteiger partial charge in [-0.1, -0.05) is 18.2 Å². The molecule has 0 aliphatic heterocycles. The van der Waals surface area contributed by atoms with Crippen molar-refractivity contribution in [3.63, 3.8) is 0 Å². The second kappa shape index (κ2) is 6.49. The fraction of sp³-hybridized carbons (Fsp3) is 0.200. The molecule has 0 atom stereocenters. The van der Waals surface area contributed by atoms with E-state index < -0.39 is 9.84 Å². The zero-order valence-electron chi connectivity index (χ0n) is 11.6. The fourth-order valence-corrected chi connectivity index (χ4v) is 2.44. The lowest BCUT2D eigenvalue weighted by Gasteiger charge is -2.05. The molecule has 6 heteroatoms. The minimum Gasteiger partial charge on any atom is -0.350 e. The molecule has 2 rings (SSSR count). The van der Waals surface area contributed by atoms with Gasteiger partial charge in [-0.2, -0.15) is 0 Å². The minimum absolute atomic E-state index is 0.219. The highest BCUT2D eigenvalue weighted by atomic mass is 32.2. The highest BCUT2D eigenvalue weighted by Gasteiger charge is 2.07. The molecule has 1 amide bonds. The van der Waals surface area contributed by atoms with Crippen LogP contribution in [0.25, 0.3) is 0 Å². The molecule has 1 aromatic heterocycles. The second-order valence-corrected chi connectivity index (χ2v) is 6.65. The van der Waals surface area contributed by atoms with Gasteiger partial charge in [0.25, 0.3) is 5.91 Å². The molecule has 0 radical (unpaired) electrons. The van der Waals surface area contributed by atoms with E-state index in [0.29, 0.717) is 23.6 Å². The van der Waals surface area contributed by atoms with Crippen LogP contribution in [-0.4, -0.2) is 32.1 Å². The summed E-state index contributed by atoms with van der Waals surface area (Å²) in [5, 5.41) is 2.77. The Bertz CT molecular complexity index is 710. The average molecular weight is 304 g/mol. The molecule has 0 saturated carbocycles. The molecule has 5 nitrogen and oxygen atoms in total. The zero-order valence-corrected chi connectivity index (χ0v) is 12.4. The summed E-state index contributed by atoms with van der Waals surface area (Å²) >= 11 is 0. The Morgan fingerprint density at radius 3 is 2.43 bits per heavy atom. The Hall–Kier alpha value is -2.21. The molecule has 110 valence electrons. The standard InChI is InChI=1S/C15H16N2O3S/c1-21(19,20)13-7-5-12(6-8-13)9-11-17-15(18)14-4-2-3-10-16-14/h2-8,10H,9,11H2,1H3,(H,17,18). The van der Waals surface area contributed by atoms with Crippen molar-refractivity contribution >= 4 is 15.7 Å². The molecular formula is C15H16N2O3S. The van der Waals surface area contributed by atoms with Crippen LogP contribution < -0.4 is 5.32 Å². The van der Waals surface area contributed by atoms with E-state index in [1.165, 1.54) is 6.26 Å². The molecule has 1 N–H and O–H groups in total. The van der Waals surface area contributed by atoms with E-state index in [-0.39, 0.29) is 5.91 Å². The molecule has 1 heterocycles. The number of hydrogen-bond acceptors (Lipinski definition) is 4. The second-order valence-electron chi connectivity index (χ2n) is 4.64. The molecular weight excluding hydrogens is 288 g/mol. The van der Waals surface area contributed by atoms with Gasteiger partial charge < -0.3 is 5.32 Å². The number of carbonyl (C=O) groups is 1. The summed E-state index contributed by atoms with van der Waals surface area (Å²) in [6, 6.07) is 11.8. The van der Waals surface area contributed by atoms with E-state index in [2.05, 4.69) is 10.3 Å². The molecule has 1 aromatic carbocycles. The topological polar surface area (TPSA) is 76.1 Å². The van der Waals surface area contributed by atoms with E-state index in [4.69, 9.17) is 0 Å². The first-order chi connectivity index (χ1) is 9.97. The average Bonchev–Trinajstić information content (AvgIpc) is 2.47. The Balaban J connectivity index is 1.88. The van der Waals surface area contributed by atoms with Crippen molar-refractivity contribution in [2.75, 3.05) is 12.8 Å². The third-order valence-corrected chi connectivity index (χ3v) is 4.08. The SMILES string of the molecule is CS(=O)(=O)c1ccc(CCNC(=O)c2ccccn2)cc1. The Labute approximate surface area is 124 Å². The van der Waals surface area contributed by atoms with Gasteiger partial charge in [0.05, 0.1) is 4.90 Å². The monoisotopic (exact) mass is 304 g/mol. The number of rotatable bonds is 5. The van der Waals surface area contributed by atoms with Crippen molar-refractivity contribution in [1.82, 2.24) is 10.3 Å². The van der Waals surface area contributed by atoms with E-state index in [9.17, 15) is 13.2 Å². The first-order valence-electron chi connectivity index (χ1n) is 6.45. The normalized spacial score (nSPS) is 11.1. The number of amides is 1. The summed E-state index contributed by atoms with van der Waals surface area (Å²) in [6.07, 6.45) is 3.37. The molecule has 0 fully saturated rings. The molecule has 0 saturated heterocycles. The summed E-state index contributed by atoms with van der Waals surface area (Å²) in [6.45, 7) is 0.466. The van der Waals surface area contributed by atoms with Crippen molar-refractivity contribution in [2.45, 2.75) is 11.3 Å². The van der Waals surface area contributed by atoms with Gasteiger partial charge in [0.2, 0.25) is 0 Å².